The third-order valence-corrected chi connectivity index (χ3v) is 3.73. The first-order valence-electron chi connectivity index (χ1n) is 6.09. The van der Waals surface area contributed by atoms with Crippen LogP contribution in [-0.4, -0.2) is 15.1 Å². The molecule has 15 heavy (non-hydrogen) atoms. The maximum Gasteiger partial charge on any atom is 0.108 e. The molecule has 0 spiro atoms. The Morgan fingerprint density at radius 2 is 2.27 bits per heavy atom. The van der Waals surface area contributed by atoms with Crippen LogP contribution in [-0.2, 0) is 19.4 Å². The minimum atomic E-state index is 0.171. The molecule has 0 saturated heterocycles. The summed E-state index contributed by atoms with van der Waals surface area (Å²) in [5, 5.41) is 0. The normalized spacial score (nSPS) is 22.5. The quantitative estimate of drug-likeness (QED) is 0.815. The summed E-state index contributed by atoms with van der Waals surface area (Å²) >= 11 is 0. The minimum Gasteiger partial charge on any atom is -0.335 e. The smallest absolute Gasteiger partial charge is 0.108 e. The molecule has 0 bridgehead atoms. The molecule has 1 saturated carbocycles. The van der Waals surface area contributed by atoms with Gasteiger partial charge >= 0.3 is 0 Å². The first-order valence-corrected chi connectivity index (χ1v) is 6.09. The number of hydrogen-bond donors (Lipinski definition) is 1. The SMILES string of the molecule is NC1(CCc2cn3c(n2)CCCC3)CC1. The van der Waals surface area contributed by atoms with Gasteiger partial charge in [0.25, 0.3) is 0 Å². The van der Waals surface area contributed by atoms with Crippen molar-refractivity contribution in [1.82, 2.24) is 9.55 Å². The maximum atomic E-state index is 6.08. The summed E-state index contributed by atoms with van der Waals surface area (Å²) in [6.07, 6.45) is 10.6. The van der Waals surface area contributed by atoms with E-state index in [9.17, 15) is 0 Å². The number of aryl methyl sites for hydroxylation is 3. The highest BCUT2D eigenvalue weighted by Crippen LogP contribution is 2.36. The van der Waals surface area contributed by atoms with Gasteiger partial charge in [-0.3, -0.25) is 0 Å². The Morgan fingerprint density at radius 1 is 1.40 bits per heavy atom. The molecule has 1 aromatic heterocycles. The van der Waals surface area contributed by atoms with Crippen LogP contribution in [0.25, 0.3) is 0 Å². The standard InChI is InChI=1S/C12H19N3/c13-12(6-7-12)5-4-10-9-15-8-2-1-3-11(15)14-10/h9H,1-8,13H2. The lowest BCUT2D eigenvalue weighted by molar-refractivity contribution is 0.522. The van der Waals surface area contributed by atoms with Crippen LogP contribution in [0.2, 0.25) is 0 Å². The van der Waals surface area contributed by atoms with Gasteiger partial charge in [0.05, 0.1) is 5.69 Å². The van der Waals surface area contributed by atoms with Crippen LogP contribution in [0.3, 0.4) is 0 Å². The van der Waals surface area contributed by atoms with Crippen LogP contribution in [0, 0.1) is 0 Å². The van der Waals surface area contributed by atoms with Crippen LogP contribution in [0.1, 0.15) is 43.6 Å². The molecule has 1 aliphatic carbocycles. The van der Waals surface area contributed by atoms with Crippen LogP contribution in [0.5, 0.6) is 0 Å². The summed E-state index contributed by atoms with van der Waals surface area (Å²) in [7, 11) is 0. The van der Waals surface area contributed by atoms with Gasteiger partial charge < -0.3 is 10.3 Å². The van der Waals surface area contributed by atoms with E-state index < -0.39 is 0 Å². The highest BCUT2D eigenvalue weighted by Gasteiger charge is 2.37. The van der Waals surface area contributed by atoms with Crippen molar-refractivity contribution in [1.29, 1.82) is 0 Å². The molecule has 0 aromatic carbocycles. The molecule has 0 amide bonds. The zero-order valence-electron chi connectivity index (χ0n) is 9.21. The maximum absolute atomic E-state index is 6.08. The van der Waals surface area contributed by atoms with Crippen LogP contribution < -0.4 is 5.73 Å². The molecule has 2 heterocycles. The second kappa shape index (κ2) is 3.34. The largest absolute Gasteiger partial charge is 0.335 e. The van der Waals surface area contributed by atoms with E-state index in [1.807, 2.05) is 0 Å². The van der Waals surface area contributed by atoms with Crippen molar-refractivity contribution in [2.45, 2.75) is 57.0 Å². The Balaban J connectivity index is 1.67. The number of fused-ring (bicyclic) bond motifs is 1. The van der Waals surface area contributed by atoms with Gasteiger partial charge in [0, 0.05) is 24.7 Å². The predicted octanol–water partition coefficient (Wildman–Crippen LogP) is 1.64. The zero-order chi connectivity index (χ0) is 10.3. The van der Waals surface area contributed by atoms with Crippen LogP contribution >= 0.6 is 0 Å². The van der Waals surface area contributed by atoms with E-state index in [4.69, 9.17) is 5.73 Å². The number of imidazole rings is 1. The summed E-state index contributed by atoms with van der Waals surface area (Å²) in [5.74, 6) is 1.29. The van der Waals surface area contributed by atoms with Gasteiger partial charge in [-0.05, 0) is 38.5 Å². The Morgan fingerprint density at radius 3 is 3.00 bits per heavy atom. The topological polar surface area (TPSA) is 43.8 Å². The molecule has 0 unspecified atom stereocenters. The molecule has 1 fully saturated rings. The third kappa shape index (κ3) is 1.93. The van der Waals surface area contributed by atoms with E-state index >= 15 is 0 Å². The summed E-state index contributed by atoms with van der Waals surface area (Å²) in [6, 6.07) is 0. The average Bonchev–Trinajstić information content (AvgIpc) is 2.83. The van der Waals surface area contributed by atoms with Crippen molar-refractivity contribution in [2.75, 3.05) is 0 Å². The van der Waals surface area contributed by atoms with E-state index in [1.165, 1.54) is 37.2 Å². The molecule has 3 rings (SSSR count). The monoisotopic (exact) mass is 205 g/mol. The van der Waals surface area contributed by atoms with Crippen molar-refractivity contribution >= 4 is 0 Å². The average molecular weight is 205 g/mol. The van der Waals surface area contributed by atoms with Crippen molar-refractivity contribution in [3.05, 3.63) is 17.7 Å². The van der Waals surface area contributed by atoms with Gasteiger partial charge in [-0.25, -0.2) is 4.98 Å². The number of aromatic nitrogens is 2. The molecule has 3 nitrogen and oxygen atoms in total. The van der Waals surface area contributed by atoms with Gasteiger partial charge in [-0.2, -0.15) is 0 Å². The van der Waals surface area contributed by atoms with Gasteiger partial charge in [0.15, 0.2) is 0 Å². The molecule has 82 valence electrons. The fraction of sp³-hybridized carbons (Fsp3) is 0.750. The van der Waals surface area contributed by atoms with Gasteiger partial charge in [-0.15, -0.1) is 0 Å². The fourth-order valence-electron chi connectivity index (χ4n) is 2.38. The highest BCUT2D eigenvalue weighted by molar-refractivity contribution is 5.09. The number of nitrogens with zero attached hydrogens (tertiary/aromatic N) is 2. The Hall–Kier alpha value is -0.830. The molecule has 1 aliphatic heterocycles. The third-order valence-electron chi connectivity index (χ3n) is 3.73. The molecular formula is C12H19N3. The molecule has 0 atom stereocenters. The fourth-order valence-corrected chi connectivity index (χ4v) is 2.38. The summed E-state index contributed by atoms with van der Waals surface area (Å²) < 4.78 is 2.33. The van der Waals surface area contributed by atoms with Crippen molar-refractivity contribution < 1.29 is 0 Å². The van der Waals surface area contributed by atoms with Gasteiger partial charge in [-0.1, -0.05) is 0 Å². The number of rotatable bonds is 3. The molecule has 0 radical (unpaired) electrons. The van der Waals surface area contributed by atoms with Gasteiger partial charge in [0.2, 0.25) is 0 Å². The van der Waals surface area contributed by atoms with E-state index in [2.05, 4.69) is 15.7 Å². The second-order valence-electron chi connectivity index (χ2n) is 5.16. The predicted molar refractivity (Wildman–Crippen MR) is 59.6 cm³/mol. The van der Waals surface area contributed by atoms with Gasteiger partial charge in [0.1, 0.15) is 5.82 Å². The number of nitrogens with two attached hydrogens (primary N) is 1. The first-order chi connectivity index (χ1) is 7.25. The lowest BCUT2D eigenvalue weighted by Crippen LogP contribution is -2.22. The van der Waals surface area contributed by atoms with Crippen LogP contribution in [0.4, 0.5) is 0 Å². The highest BCUT2D eigenvalue weighted by atomic mass is 15.1. The lowest BCUT2D eigenvalue weighted by atomic mass is 10.1. The lowest BCUT2D eigenvalue weighted by Gasteiger charge is -2.11. The van der Waals surface area contributed by atoms with Crippen molar-refractivity contribution in [3.8, 4) is 0 Å². The first kappa shape index (κ1) is 9.40. The Bertz CT molecular complexity index is 339. The minimum absolute atomic E-state index is 0.171. The van der Waals surface area contributed by atoms with E-state index in [-0.39, 0.29) is 5.54 Å². The summed E-state index contributed by atoms with van der Waals surface area (Å²) in [4.78, 5) is 4.69. The van der Waals surface area contributed by atoms with E-state index in [0.29, 0.717) is 0 Å². The Labute approximate surface area is 90.7 Å². The number of hydrogen-bond acceptors (Lipinski definition) is 2. The zero-order valence-corrected chi connectivity index (χ0v) is 9.21. The molecule has 2 aliphatic rings. The summed E-state index contributed by atoms with van der Waals surface area (Å²) in [6.45, 7) is 1.16. The van der Waals surface area contributed by atoms with E-state index in [1.54, 1.807) is 0 Å². The molecular weight excluding hydrogens is 186 g/mol. The second-order valence-corrected chi connectivity index (χ2v) is 5.16. The van der Waals surface area contributed by atoms with Crippen molar-refractivity contribution in [2.24, 2.45) is 5.73 Å². The van der Waals surface area contributed by atoms with Crippen molar-refractivity contribution in [3.63, 3.8) is 0 Å². The van der Waals surface area contributed by atoms with Crippen LogP contribution in [0.15, 0.2) is 6.20 Å². The van der Waals surface area contributed by atoms with E-state index in [0.717, 1.165) is 25.8 Å². The molecule has 3 heteroatoms. The summed E-state index contributed by atoms with van der Waals surface area (Å²) in [5.41, 5.74) is 7.51. The Kier molecular flexibility index (Phi) is 2.09. The molecule has 1 aromatic rings. The molecule has 2 N–H and O–H groups in total.